The van der Waals surface area contributed by atoms with Crippen molar-refractivity contribution in [1.29, 1.82) is 0 Å². The Kier molecular flexibility index (Phi) is 97.1. The average Bonchev–Trinajstić information content (AvgIpc) is 1.39. The predicted molar refractivity (Wildman–Crippen MR) is 28.9 cm³/mol. The second-order valence-corrected chi connectivity index (χ2v) is 0.901. The van der Waals surface area contributed by atoms with Gasteiger partial charge in [0.1, 0.15) is 0 Å². The zero-order chi connectivity index (χ0) is 5.41. The molecule has 0 unspecified atom stereocenters. The van der Waals surface area contributed by atoms with Crippen LogP contribution in [0.5, 0.6) is 0 Å². The topological polar surface area (TPSA) is 17.1 Å². The normalized spacial score (nSPS) is 4.88. The molecule has 8 heavy (non-hydrogen) atoms. The van der Waals surface area contributed by atoms with E-state index >= 15 is 0 Å². The van der Waals surface area contributed by atoms with E-state index < -0.39 is 0 Å². The molecular formula is C4H9OPY2-2. The Hall–Kier alpha value is 2.31. The van der Waals surface area contributed by atoms with Crippen LogP contribution in [0.1, 0.15) is 6.42 Å². The van der Waals surface area contributed by atoms with Crippen molar-refractivity contribution in [3.05, 3.63) is 13.8 Å². The predicted octanol–water partition coefficient (Wildman–Crippen LogP) is 1.95. The second kappa shape index (κ2) is 34.6. The zero-order valence-corrected chi connectivity index (χ0v) is 11.7. The minimum Gasteiger partial charge on any atom is -0.372 e. The molecule has 0 saturated carbocycles. The third-order valence-corrected chi connectivity index (χ3v) is 0. The first-order valence-electron chi connectivity index (χ1n) is 1.63. The van der Waals surface area contributed by atoms with Gasteiger partial charge in [0, 0.05) is 72.1 Å². The Bertz CT molecular complexity index is 28.0. The van der Waals surface area contributed by atoms with Gasteiger partial charge in [0.2, 0.25) is 0 Å². The van der Waals surface area contributed by atoms with Gasteiger partial charge in [-0.1, -0.05) is 0 Å². The largest absolute Gasteiger partial charge is 0.372 e. The summed E-state index contributed by atoms with van der Waals surface area (Å²) in [6, 6.07) is 0. The number of hydrogen-bond donors (Lipinski definition) is 0. The molecule has 0 atom stereocenters. The molecule has 0 aliphatic heterocycles. The molecule has 0 fully saturated rings. The molecule has 0 saturated heterocycles. The first-order chi connectivity index (χ1) is 2.83. The van der Waals surface area contributed by atoms with Crippen LogP contribution in [0.2, 0.25) is 0 Å². The van der Waals surface area contributed by atoms with E-state index in [1.54, 1.807) is 6.66 Å². The van der Waals surface area contributed by atoms with Crippen LogP contribution in [0.25, 0.3) is 0 Å². The van der Waals surface area contributed by atoms with Crippen LogP contribution in [-0.2, 0) is 70.0 Å². The van der Waals surface area contributed by atoms with Crippen LogP contribution in [0, 0.1) is 13.8 Å². The van der Waals surface area contributed by atoms with Crippen LogP contribution in [-0.4, -0.2) is 6.66 Å². The monoisotopic (exact) mass is 282 g/mol. The molecule has 0 aliphatic rings. The Labute approximate surface area is 104 Å². The van der Waals surface area contributed by atoms with Gasteiger partial charge in [-0.25, -0.2) is 0 Å². The molecule has 0 aromatic heterocycles. The first-order valence-corrected chi connectivity index (χ1v) is 2.89. The average molecular weight is 282 g/mol. The van der Waals surface area contributed by atoms with Gasteiger partial charge >= 0.3 is 0 Å². The van der Waals surface area contributed by atoms with Gasteiger partial charge in [0.25, 0.3) is 0 Å². The Morgan fingerprint density at radius 3 is 1.38 bits per heavy atom. The summed E-state index contributed by atoms with van der Waals surface area (Å²) >= 11 is 0. The molecule has 2 radical (unpaired) electrons. The fourth-order valence-corrected chi connectivity index (χ4v) is 0. The van der Waals surface area contributed by atoms with E-state index in [2.05, 4.69) is 13.8 Å². The fourth-order valence-electron chi connectivity index (χ4n) is 0. The van der Waals surface area contributed by atoms with E-state index in [1.807, 2.05) is 0 Å². The molecule has 0 amide bonds. The molecule has 44 valence electrons. The van der Waals surface area contributed by atoms with Gasteiger partial charge in [0.15, 0.2) is 8.46 Å². The zero-order valence-electron chi connectivity index (χ0n) is 5.13. The summed E-state index contributed by atoms with van der Waals surface area (Å²) < 4.78 is 8.90. The van der Waals surface area contributed by atoms with Crippen molar-refractivity contribution in [2.45, 2.75) is 6.42 Å². The van der Waals surface area contributed by atoms with Gasteiger partial charge in [-0.3, -0.25) is 4.57 Å². The summed E-state index contributed by atoms with van der Waals surface area (Å²) in [6.07, 6.45) is 0.750. The summed E-state index contributed by atoms with van der Waals surface area (Å²) in [5.74, 6) is 0. The molecular weight excluding hydrogens is 273 g/mol. The molecule has 4 heteroatoms. The summed E-state index contributed by atoms with van der Waals surface area (Å²) in [5, 5.41) is 0. The van der Waals surface area contributed by atoms with Crippen molar-refractivity contribution in [1.82, 2.24) is 0 Å². The smallest absolute Gasteiger partial charge is 0.151 e. The Balaban J connectivity index is -0.0000000160. The van der Waals surface area contributed by atoms with Crippen LogP contribution in [0.4, 0.5) is 0 Å². The van der Waals surface area contributed by atoms with Crippen molar-refractivity contribution < 1.29 is 70.0 Å². The van der Waals surface area contributed by atoms with E-state index in [0.717, 1.165) is 6.42 Å². The Morgan fingerprint density at radius 1 is 1.38 bits per heavy atom. The van der Waals surface area contributed by atoms with Gasteiger partial charge in [-0.05, 0) is 0 Å². The minimum atomic E-state index is 0. The van der Waals surface area contributed by atoms with Gasteiger partial charge in [-0.15, -0.1) is 0 Å². The number of rotatable bonds is 0. The van der Waals surface area contributed by atoms with Gasteiger partial charge in [0.05, 0.1) is 0 Å². The standard InChI is InChI=1S/C3H6.CH3OP.2Y/c2*1-3-2;;/h1-3H2;1H3;;/q-2;;;. The minimum absolute atomic E-state index is 0. The van der Waals surface area contributed by atoms with Crippen molar-refractivity contribution in [2.75, 3.05) is 6.66 Å². The van der Waals surface area contributed by atoms with Crippen molar-refractivity contribution in [3.63, 3.8) is 0 Å². The fraction of sp³-hybridized carbons (Fsp3) is 0.500. The van der Waals surface area contributed by atoms with Crippen LogP contribution < -0.4 is 0 Å². The SMILES string of the molecule is CP=O.[CH2-]C[CH2-].[Y].[Y]. The van der Waals surface area contributed by atoms with E-state index in [0.29, 0.717) is 0 Å². The van der Waals surface area contributed by atoms with E-state index in [9.17, 15) is 0 Å². The van der Waals surface area contributed by atoms with E-state index in [1.165, 1.54) is 0 Å². The van der Waals surface area contributed by atoms with Crippen molar-refractivity contribution >= 4 is 8.46 Å². The summed E-state index contributed by atoms with van der Waals surface area (Å²) in [4.78, 5) is 0. The molecule has 0 spiro atoms. The molecule has 0 N–H and O–H groups in total. The maximum absolute atomic E-state index is 8.90. The summed E-state index contributed by atoms with van der Waals surface area (Å²) in [5.41, 5.74) is 0. The maximum atomic E-state index is 8.90. The van der Waals surface area contributed by atoms with Crippen molar-refractivity contribution in [2.24, 2.45) is 0 Å². The maximum Gasteiger partial charge on any atom is 0.151 e. The molecule has 0 aromatic rings. The summed E-state index contributed by atoms with van der Waals surface area (Å²) in [7, 11) is 0.167. The molecule has 0 bridgehead atoms. The molecule has 1 nitrogen and oxygen atoms in total. The third kappa shape index (κ3) is 83.3. The van der Waals surface area contributed by atoms with Crippen LogP contribution >= 0.6 is 8.46 Å². The van der Waals surface area contributed by atoms with Gasteiger partial charge in [-0.2, -0.15) is 0 Å². The van der Waals surface area contributed by atoms with Crippen LogP contribution in [0.15, 0.2) is 0 Å². The van der Waals surface area contributed by atoms with E-state index in [-0.39, 0.29) is 73.9 Å². The summed E-state index contributed by atoms with van der Waals surface area (Å²) in [6.45, 7) is 8.29. The quantitative estimate of drug-likeness (QED) is 0.490. The molecule has 0 aromatic carbocycles. The van der Waals surface area contributed by atoms with Crippen LogP contribution in [0.3, 0.4) is 0 Å². The number of hydrogen-bond acceptors (Lipinski definition) is 1. The van der Waals surface area contributed by atoms with Crippen molar-refractivity contribution in [3.8, 4) is 0 Å². The van der Waals surface area contributed by atoms with Gasteiger partial charge < -0.3 is 20.3 Å². The molecule has 0 aliphatic carbocycles. The molecule has 0 rings (SSSR count). The van der Waals surface area contributed by atoms with E-state index in [4.69, 9.17) is 4.57 Å². The first kappa shape index (κ1) is 22.4. The Morgan fingerprint density at radius 2 is 1.38 bits per heavy atom. The third-order valence-electron chi connectivity index (χ3n) is 0. The molecule has 0 heterocycles. The second-order valence-electron chi connectivity index (χ2n) is 0.536.